The van der Waals surface area contributed by atoms with E-state index >= 15 is 0 Å². The van der Waals surface area contributed by atoms with Crippen molar-refractivity contribution in [3.8, 4) is 0 Å². The second-order valence-electron chi connectivity index (χ2n) is 6.34. The number of rotatable bonds is 4. The molecule has 2 aromatic heterocycles. The largest absolute Gasteiger partial charge is 0.416 e. The minimum absolute atomic E-state index is 0.358. The zero-order valence-corrected chi connectivity index (χ0v) is 14.9. The van der Waals surface area contributed by atoms with Crippen LogP contribution >= 0.6 is 11.5 Å². The second-order valence-corrected chi connectivity index (χ2v) is 7.07. The third kappa shape index (κ3) is 4.39. The van der Waals surface area contributed by atoms with Gasteiger partial charge in [0.05, 0.1) is 5.56 Å². The molecule has 1 aliphatic heterocycles. The molecule has 0 radical (unpaired) electrons. The number of alkyl halides is 3. The molecule has 0 aromatic carbocycles. The first kappa shape index (κ1) is 17.9. The first-order valence-electron chi connectivity index (χ1n) is 8.12. The van der Waals surface area contributed by atoms with Gasteiger partial charge in [-0.15, -0.1) is 0 Å². The molecular weight excluding hydrogens is 351 g/mol. The Hall–Kier alpha value is -1.90. The zero-order valence-electron chi connectivity index (χ0n) is 14.1. The van der Waals surface area contributed by atoms with Crippen molar-refractivity contribution in [3.63, 3.8) is 0 Å². The highest BCUT2D eigenvalue weighted by Crippen LogP contribution is 2.31. The highest BCUT2D eigenvalue weighted by Gasteiger charge is 2.31. The molecule has 25 heavy (non-hydrogen) atoms. The normalized spacial score (nSPS) is 16.3. The van der Waals surface area contributed by atoms with Gasteiger partial charge in [0, 0.05) is 44.4 Å². The Bertz CT molecular complexity index is 710. The van der Waals surface area contributed by atoms with Crippen LogP contribution in [0.2, 0.25) is 0 Å². The lowest BCUT2D eigenvalue weighted by atomic mass is 9.96. The molecule has 3 rings (SSSR count). The Morgan fingerprint density at radius 2 is 2.04 bits per heavy atom. The Balaban J connectivity index is 1.57. The lowest BCUT2D eigenvalue weighted by Gasteiger charge is -2.33. The number of aryl methyl sites for hydroxylation is 1. The molecule has 136 valence electrons. The summed E-state index contributed by atoms with van der Waals surface area (Å²) in [4.78, 5) is 12.5. The van der Waals surface area contributed by atoms with Crippen molar-refractivity contribution in [3.05, 3.63) is 29.7 Å². The number of nitrogens with zero attached hydrogens (tertiary/aromatic N) is 5. The van der Waals surface area contributed by atoms with E-state index < -0.39 is 11.7 Å². The number of hydrogen-bond acceptors (Lipinski definition) is 6. The molecule has 3 heterocycles. The van der Waals surface area contributed by atoms with Gasteiger partial charge in [0.2, 0.25) is 5.13 Å². The van der Waals surface area contributed by atoms with Gasteiger partial charge in [0.15, 0.2) is 0 Å². The van der Waals surface area contributed by atoms with Crippen LogP contribution in [-0.2, 0) is 6.18 Å². The van der Waals surface area contributed by atoms with Crippen LogP contribution < -0.4 is 9.80 Å². The highest BCUT2D eigenvalue weighted by atomic mass is 32.1. The van der Waals surface area contributed by atoms with E-state index in [4.69, 9.17) is 0 Å². The summed E-state index contributed by atoms with van der Waals surface area (Å²) in [6.45, 7) is 4.35. The molecule has 0 bridgehead atoms. The lowest BCUT2D eigenvalue weighted by Crippen LogP contribution is -2.38. The summed E-state index contributed by atoms with van der Waals surface area (Å²) in [5.74, 6) is 1.57. The Kier molecular flexibility index (Phi) is 5.12. The fourth-order valence-corrected chi connectivity index (χ4v) is 3.73. The van der Waals surface area contributed by atoms with Gasteiger partial charge >= 0.3 is 6.18 Å². The summed E-state index contributed by atoms with van der Waals surface area (Å²) < 4.78 is 42.7. The van der Waals surface area contributed by atoms with Gasteiger partial charge in [-0.1, -0.05) is 0 Å². The maximum Gasteiger partial charge on any atom is 0.416 e. The summed E-state index contributed by atoms with van der Waals surface area (Å²) in [7, 11) is 1.79. The molecule has 1 aliphatic rings. The molecule has 0 spiro atoms. The number of anilines is 2. The first-order valence-corrected chi connectivity index (χ1v) is 8.90. The van der Waals surface area contributed by atoms with E-state index in [0.29, 0.717) is 18.3 Å². The van der Waals surface area contributed by atoms with Crippen molar-refractivity contribution >= 4 is 22.5 Å². The Morgan fingerprint density at radius 3 is 2.64 bits per heavy atom. The third-order valence-corrected chi connectivity index (χ3v) is 5.27. The van der Waals surface area contributed by atoms with Crippen LogP contribution in [0, 0.1) is 12.8 Å². The van der Waals surface area contributed by atoms with E-state index in [1.807, 2.05) is 11.8 Å². The van der Waals surface area contributed by atoms with Crippen LogP contribution in [0.5, 0.6) is 0 Å². The number of halogens is 3. The van der Waals surface area contributed by atoms with Crippen LogP contribution in [0.1, 0.15) is 24.2 Å². The van der Waals surface area contributed by atoms with E-state index in [-0.39, 0.29) is 0 Å². The average molecular weight is 371 g/mol. The fourth-order valence-electron chi connectivity index (χ4n) is 3.01. The number of pyridine rings is 1. The first-order chi connectivity index (χ1) is 11.8. The topological polar surface area (TPSA) is 45.2 Å². The minimum Gasteiger partial charge on any atom is -0.359 e. The predicted octanol–water partition coefficient (Wildman–Crippen LogP) is 3.61. The van der Waals surface area contributed by atoms with E-state index in [0.717, 1.165) is 49.0 Å². The average Bonchev–Trinajstić information content (AvgIpc) is 3.01. The van der Waals surface area contributed by atoms with Crippen molar-refractivity contribution in [2.75, 3.05) is 36.5 Å². The molecule has 0 N–H and O–H groups in total. The lowest BCUT2D eigenvalue weighted by molar-refractivity contribution is -0.137. The van der Waals surface area contributed by atoms with Crippen molar-refractivity contribution in [1.82, 2.24) is 14.3 Å². The van der Waals surface area contributed by atoms with Crippen LogP contribution in [0.3, 0.4) is 0 Å². The Morgan fingerprint density at radius 1 is 1.32 bits per heavy atom. The van der Waals surface area contributed by atoms with Crippen molar-refractivity contribution < 1.29 is 13.2 Å². The van der Waals surface area contributed by atoms with Crippen molar-refractivity contribution in [1.29, 1.82) is 0 Å². The van der Waals surface area contributed by atoms with Gasteiger partial charge in [-0.3, -0.25) is 0 Å². The predicted molar refractivity (Wildman–Crippen MR) is 92.1 cm³/mol. The molecule has 0 unspecified atom stereocenters. The van der Waals surface area contributed by atoms with E-state index in [2.05, 4.69) is 19.2 Å². The fraction of sp³-hybridized carbons (Fsp3) is 0.562. The standard InChI is InChI=1S/C16H20F3N5S/c1-11-21-15(25-22-11)24-7-4-12(5-8-24)10-23(2)14-9-13(3-6-20-14)16(17,18)19/h3,6,9,12H,4-5,7-8,10H2,1-2H3. The van der Waals surface area contributed by atoms with E-state index in [1.165, 1.54) is 17.7 Å². The maximum absolute atomic E-state index is 12.8. The molecule has 0 atom stereocenters. The SMILES string of the molecule is Cc1nsc(N2CCC(CN(C)c3cc(C(F)(F)F)ccn3)CC2)n1. The van der Waals surface area contributed by atoms with Crippen LogP contribution in [-0.4, -0.2) is 41.0 Å². The van der Waals surface area contributed by atoms with Crippen molar-refractivity contribution in [2.45, 2.75) is 25.9 Å². The van der Waals surface area contributed by atoms with Gasteiger partial charge in [-0.05, 0) is 37.8 Å². The second kappa shape index (κ2) is 7.15. The Labute approximate surface area is 148 Å². The van der Waals surface area contributed by atoms with E-state index in [1.54, 1.807) is 7.05 Å². The quantitative estimate of drug-likeness (QED) is 0.822. The molecular formula is C16H20F3N5S. The van der Waals surface area contributed by atoms with Crippen LogP contribution in [0.4, 0.5) is 24.1 Å². The van der Waals surface area contributed by atoms with Gasteiger partial charge in [0.1, 0.15) is 11.6 Å². The summed E-state index contributed by atoms with van der Waals surface area (Å²) >= 11 is 1.41. The third-order valence-electron chi connectivity index (χ3n) is 4.40. The van der Waals surface area contributed by atoms with Crippen LogP contribution in [0.25, 0.3) is 0 Å². The summed E-state index contributed by atoms with van der Waals surface area (Å²) in [6, 6.07) is 2.11. The molecule has 0 aliphatic carbocycles. The molecule has 0 amide bonds. The highest BCUT2D eigenvalue weighted by molar-refractivity contribution is 7.09. The van der Waals surface area contributed by atoms with Gasteiger partial charge in [0.25, 0.3) is 0 Å². The van der Waals surface area contributed by atoms with Crippen molar-refractivity contribution in [2.24, 2.45) is 5.92 Å². The zero-order chi connectivity index (χ0) is 18.0. The molecule has 0 saturated carbocycles. The van der Waals surface area contributed by atoms with Gasteiger partial charge in [-0.25, -0.2) is 9.97 Å². The van der Waals surface area contributed by atoms with E-state index in [9.17, 15) is 13.2 Å². The minimum atomic E-state index is -4.34. The summed E-state index contributed by atoms with van der Waals surface area (Å²) in [5.41, 5.74) is -0.661. The van der Waals surface area contributed by atoms with Gasteiger partial charge < -0.3 is 9.80 Å². The molecule has 1 saturated heterocycles. The number of hydrogen-bond donors (Lipinski definition) is 0. The van der Waals surface area contributed by atoms with Gasteiger partial charge in [-0.2, -0.15) is 17.5 Å². The molecule has 1 fully saturated rings. The van der Waals surface area contributed by atoms with Crippen LogP contribution in [0.15, 0.2) is 18.3 Å². The smallest absolute Gasteiger partial charge is 0.359 e. The maximum atomic E-state index is 12.8. The molecule has 2 aromatic rings. The summed E-state index contributed by atoms with van der Waals surface area (Å²) in [6.07, 6.45) is -1.18. The monoisotopic (exact) mass is 371 g/mol. The molecule has 5 nitrogen and oxygen atoms in total. The molecule has 9 heteroatoms. The number of piperidine rings is 1. The summed E-state index contributed by atoms with van der Waals surface area (Å²) in [5, 5.41) is 0.948. The number of aromatic nitrogens is 3.